The summed E-state index contributed by atoms with van der Waals surface area (Å²) in [4.78, 5) is 59.1. The van der Waals surface area contributed by atoms with Crippen LogP contribution in [-0.2, 0) is 20.1 Å². The first kappa shape index (κ1) is 24.6. The standard InChI is InChI=1S/C22H22N6O5S/c1-12(30)24-20-19-17(27-22(23)28-20)8-4-15(25-19)11-34-16-6-2-13(3-7-16)21(33)26-14(10-29)5-9-18(31)32/h2-4,6-8,10,14H,5,9,11H2,1H3,(H,26,33)(H,31,32)(H3,23,24,27,28,30). The number of nitrogens with zero attached hydrogens (tertiary/aromatic N) is 3. The lowest BCUT2D eigenvalue weighted by Gasteiger charge is -2.12. The van der Waals surface area contributed by atoms with Crippen LogP contribution in [-0.4, -0.2) is 50.2 Å². The van der Waals surface area contributed by atoms with E-state index in [2.05, 4.69) is 25.6 Å². The van der Waals surface area contributed by atoms with Crippen LogP contribution in [0.1, 0.15) is 35.8 Å². The Hall–Kier alpha value is -4.06. The SMILES string of the molecule is CC(=O)Nc1nc(N)nc2ccc(CSc3ccc(C(=O)NC(C=O)CCC(=O)O)cc3)nc12. The number of pyridine rings is 1. The first-order chi connectivity index (χ1) is 16.2. The predicted octanol–water partition coefficient (Wildman–Crippen LogP) is 2.02. The van der Waals surface area contributed by atoms with Crippen molar-refractivity contribution in [2.45, 2.75) is 36.5 Å². The number of fused-ring (bicyclic) bond motifs is 1. The van der Waals surface area contributed by atoms with Crippen molar-refractivity contribution in [2.75, 3.05) is 11.1 Å². The molecule has 0 aliphatic rings. The number of carbonyl (C=O) groups is 4. The summed E-state index contributed by atoms with van der Waals surface area (Å²) in [5.74, 6) is -1.01. The first-order valence-electron chi connectivity index (χ1n) is 10.2. The highest BCUT2D eigenvalue weighted by Gasteiger charge is 2.15. The van der Waals surface area contributed by atoms with Crippen molar-refractivity contribution in [1.82, 2.24) is 20.3 Å². The Balaban J connectivity index is 1.65. The first-order valence-corrected chi connectivity index (χ1v) is 11.1. The van der Waals surface area contributed by atoms with E-state index in [1.165, 1.54) is 18.7 Å². The third kappa shape index (κ3) is 6.72. The maximum Gasteiger partial charge on any atom is 0.303 e. The fraction of sp³-hybridized carbons (Fsp3) is 0.227. The van der Waals surface area contributed by atoms with Crippen LogP contribution in [0.25, 0.3) is 11.0 Å². The van der Waals surface area contributed by atoms with Crippen LogP contribution >= 0.6 is 11.8 Å². The van der Waals surface area contributed by atoms with E-state index in [1.54, 1.807) is 36.4 Å². The summed E-state index contributed by atoms with van der Waals surface area (Å²) in [6, 6.07) is 9.46. The Morgan fingerprint density at radius 3 is 2.50 bits per heavy atom. The zero-order chi connectivity index (χ0) is 24.7. The number of carboxylic acid groups (broad SMARTS) is 1. The van der Waals surface area contributed by atoms with Crippen LogP contribution < -0.4 is 16.4 Å². The molecule has 0 saturated heterocycles. The number of nitrogens with one attached hydrogen (secondary N) is 2. The van der Waals surface area contributed by atoms with Crippen molar-refractivity contribution in [1.29, 1.82) is 0 Å². The fourth-order valence-electron chi connectivity index (χ4n) is 2.97. The molecule has 1 aromatic carbocycles. The van der Waals surface area contributed by atoms with Crippen molar-refractivity contribution in [2.24, 2.45) is 0 Å². The van der Waals surface area contributed by atoms with Crippen molar-refractivity contribution in [3.63, 3.8) is 0 Å². The number of nitrogens with two attached hydrogens (primary N) is 1. The third-order valence-corrected chi connectivity index (χ3v) is 5.61. The minimum absolute atomic E-state index is 0.0263. The molecule has 2 aromatic heterocycles. The van der Waals surface area contributed by atoms with Gasteiger partial charge in [0.1, 0.15) is 11.8 Å². The highest BCUT2D eigenvalue weighted by Crippen LogP contribution is 2.25. The average Bonchev–Trinajstić information content (AvgIpc) is 2.80. The zero-order valence-corrected chi connectivity index (χ0v) is 19.0. The maximum absolute atomic E-state index is 12.3. The third-order valence-electron chi connectivity index (χ3n) is 4.56. The quantitative estimate of drug-likeness (QED) is 0.247. The Labute approximate surface area is 198 Å². The number of thioether (sulfide) groups is 1. The van der Waals surface area contributed by atoms with Gasteiger partial charge in [-0.1, -0.05) is 0 Å². The van der Waals surface area contributed by atoms with Gasteiger partial charge in [-0.05, 0) is 42.8 Å². The molecular formula is C22H22N6O5S. The largest absolute Gasteiger partial charge is 0.481 e. The number of benzene rings is 1. The second kappa shape index (κ2) is 11.2. The molecule has 0 spiro atoms. The summed E-state index contributed by atoms with van der Waals surface area (Å²) in [5.41, 5.74) is 7.72. The molecule has 34 heavy (non-hydrogen) atoms. The summed E-state index contributed by atoms with van der Waals surface area (Å²) < 4.78 is 0. The number of rotatable bonds is 10. The Bertz CT molecular complexity index is 1230. The van der Waals surface area contributed by atoms with E-state index in [1.807, 2.05) is 0 Å². The molecule has 0 bridgehead atoms. The van der Waals surface area contributed by atoms with Crippen LogP contribution in [0.15, 0.2) is 41.3 Å². The summed E-state index contributed by atoms with van der Waals surface area (Å²) >= 11 is 1.49. The van der Waals surface area contributed by atoms with Gasteiger partial charge in [0, 0.05) is 29.6 Å². The van der Waals surface area contributed by atoms with Gasteiger partial charge in [-0.25, -0.2) is 9.97 Å². The molecule has 11 nitrogen and oxygen atoms in total. The summed E-state index contributed by atoms with van der Waals surface area (Å²) in [7, 11) is 0. The van der Waals surface area contributed by atoms with Crippen molar-refractivity contribution < 1.29 is 24.3 Å². The summed E-state index contributed by atoms with van der Waals surface area (Å²) in [5, 5.41) is 13.8. The molecule has 0 fully saturated rings. The minimum Gasteiger partial charge on any atom is -0.481 e. The topological polar surface area (TPSA) is 177 Å². The molecule has 176 valence electrons. The average molecular weight is 483 g/mol. The summed E-state index contributed by atoms with van der Waals surface area (Å²) in [6.07, 6.45) is 0.338. The van der Waals surface area contributed by atoms with Gasteiger partial charge in [0.25, 0.3) is 5.91 Å². The Morgan fingerprint density at radius 2 is 1.85 bits per heavy atom. The van der Waals surface area contributed by atoms with Crippen LogP contribution in [0, 0.1) is 0 Å². The highest BCUT2D eigenvalue weighted by molar-refractivity contribution is 7.98. The molecule has 2 amide bonds. The van der Waals surface area contributed by atoms with Gasteiger partial charge in [0.05, 0.1) is 17.3 Å². The number of aldehydes is 1. The van der Waals surface area contributed by atoms with E-state index in [4.69, 9.17) is 10.8 Å². The molecule has 1 unspecified atom stereocenters. The minimum atomic E-state index is -1.04. The molecule has 3 aromatic rings. The molecule has 5 N–H and O–H groups in total. The van der Waals surface area contributed by atoms with Crippen molar-refractivity contribution in [3.05, 3.63) is 47.7 Å². The number of carboxylic acids is 1. The Morgan fingerprint density at radius 1 is 1.12 bits per heavy atom. The van der Waals surface area contributed by atoms with E-state index in [-0.39, 0.29) is 30.5 Å². The predicted molar refractivity (Wildman–Crippen MR) is 126 cm³/mol. The number of amides is 2. The van der Waals surface area contributed by atoms with Gasteiger partial charge in [0.2, 0.25) is 11.9 Å². The molecule has 0 saturated carbocycles. The number of hydrogen-bond acceptors (Lipinski definition) is 9. The number of aliphatic carboxylic acids is 1. The van der Waals surface area contributed by atoms with Crippen LogP contribution in [0.5, 0.6) is 0 Å². The second-order valence-electron chi connectivity index (χ2n) is 7.24. The van der Waals surface area contributed by atoms with E-state index in [9.17, 15) is 19.2 Å². The van der Waals surface area contributed by atoms with Crippen LogP contribution in [0.4, 0.5) is 11.8 Å². The van der Waals surface area contributed by atoms with Gasteiger partial charge in [-0.15, -0.1) is 11.8 Å². The van der Waals surface area contributed by atoms with Crippen molar-refractivity contribution in [3.8, 4) is 0 Å². The van der Waals surface area contributed by atoms with Gasteiger partial charge >= 0.3 is 5.97 Å². The van der Waals surface area contributed by atoms with E-state index >= 15 is 0 Å². The monoisotopic (exact) mass is 482 g/mol. The molecule has 12 heteroatoms. The van der Waals surface area contributed by atoms with Crippen LogP contribution in [0.3, 0.4) is 0 Å². The molecule has 3 rings (SSSR count). The molecule has 0 radical (unpaired) electrons. The smallest absolute Gasteiger partial charge is 0.303 e. The van der Waals surface area contributed by atoms with Crippen LogP contribution in [0.2, 0.25) is 0 Å². The van der Waals surface area contributed by atoms with Gasteiger partial charge in [-0.3, -0.25) is 14.4 Å². The molecular weight excluding hydrogens is 460 g/mol. The lowest BCUT2D eigenvalue weighted by Crippen LogP contribution is -2.36. The zero-order valence-electron chi connectivity index (χ0n) is 18.1. The van der Waals surface area contributed by atoms with E-state index < -0.39 is 17.9 Å². The lowest BCUT2D eigenvalue weighted by atomic mass is 10.1. The van der Waals surface area contributed by atoms with E-state index in [0.29, 0.717) is 28.6 Å². The molecule has 2 heterocycles. The van der Waals surface area contributed by atoms with Crippen molar-refractivity contribution >= 4 is 58.6 Å². The van der Waals surface area contributed by atoms with Gasteiger partial charge in [0.15, 0.2) is 5.82 Å². The highest BCUT2D eigenvalue weighted by atomic mass is 32.2. The molecule has 0 aliphatic heterocycles. The summed E-state index contributed by atoms with van der Waals surface area (Å²) in [6.45, 7) is 1.36. The Kier molecular flexibility index (Phi) is 8.09. The number of nitrogen functional groups attached to an aromatic ring is 1. The lowest BCUT2D eigenvalue weighted by molar-refractivity contribution is -0.137. The van der Waals surface area contributed by atoms with E-state index in [0.717, 1.165) is 10.6 Å². The van der Waals surface area contributed by atoms with Gasteiger partial charge < -0.3 is 26.3 Å². The normalized spacial score (nSPS) is 11.6. The number of aromatic nitrogens is 3. The second-order valence-corrected chi connectivity index (χ2v) is 8.29. The fourth-order valence-corrected chi connectivity index (χ4v) is 3.78. The van der Waals surface area contributed by atoms with Gasteiger partial charge in [-0.2, -0.15) is 4.98 Å². The maximum atomic E-state index is 12.3. The number of anilines is 2. The molecule has 0 aliphatic carbocycles. The number of hydrogen-bond donors (Lipinski definition) is 4. The number of carbonyl (C=O) groups excluding carboxylic acids is 3. The molecule has 1 atom stereocenters.